The quantitative estimate of drug-likeness (QED) is 0.804. The molecule has 0 N–H and O–H groups in total. The average molecular weight is 278 g/mol. The smallest absolute Gasteiger partial charge is 0.256 e. The van der Waals surface area contributed by atoms with Gasteiger partial charge in [0.05, 0.1) is 25.2 Å². The van der Waals surface area contributed by atoms with Crippen molar-refractivity contribution in [3.8, 4) is 11.8 Å². The van der Waals surface area contributed by atoms with Crippen molar-refractivity contribution in [3.05, 3.63) is 29.6 Å². The van der Waals surface area contributed by atoms with Crippen molar-refractivity contribution in [1.29, 1.82) is 5.26 Å². The topological polar surface area (TPSA) is 53.3 Å². The molecule has 0 fully saturated rings. The molecule has 1 aromatic rings. The highest BCUT2D eigenvalue weighted by molar-refractivity contribution is 5.94. The summed E-state index contributed by atoms with van der Waals surface area (Å²) in [4.78, 5) is 13.9. The standard InChI is InChI=1S/C15H19FN2O2/c1-11(2)10-18(8-4-7-17)15(19)13-6-5-12(20-3)9-14(13)16/h5-6,9,11H,4,8,10H2,1-3H3. The van der Waals surface area contributed by atoms with Gasteiger partial charge in [-0.1, -0.05) is 13.8 Å². The molecule has 0 aromatic heterocycles. The van der Waals surface area contributed by atoms with E-state index in [-0.39, 0.29) is 17.9 Å². The molecule has 108 valence electrons. The summed E-state index contributed by atoms with van der Waals surface area (Å²) < 4.78 is 18.8. The van der Waals surface area contributed by atoms with E-state index in [0.717, 1.165) is 0 Å². The second-order valence-corrected chi connectivity index (χ2v) is 4.90. The van der Waals surface area contributed by atoms with E-state index >= 15 is 0 Å². The highest BCUT2D eigenvalue weighted by atomic mass is 19.1. The van der Waals surface area contributed by atoms with Gasteiger partial charge in [-0.05, 0) is 18.1 Å². The first-order chi connectivity index (χ1) is 9.49. The lowest BCUT2D eigenvalue weighted by Crippen LogP contribution is -2.35. The third-order valence-electron chi connectivity index (χ3n) is 2.77. The van der Waals surface area contributed by atoms with Gasteiger partial charge in [-0.25, -0.2) is 4.39 Å². The van der Waals surface area contributed by atoms with Crippen molar-refractivity contribution >= 4 is 5.91 Å². The number of nitrogens with zero attached hydrogens (tertiary/aromatic N) is 2. The number of methoxy groups -OCH3 is 1. The van der Waals surface area contributed by atoms with Gasteiger partial charge in [-0.15, -0.1) is 0 Å². The van der Waals surface area contributed by atoms with Gasteiger partial charge in [0.1, 0.15) is 11.6 Å². The number of carbonyl (C=O) groups is 1. The van der Waals surface area contributed by atoms with Crippen LogP contribution in [-0.4, -0.2) is 31.0 Å². The highest BCUT2D eigenvalue weighted by Crippen LogP contribution is 2.18. The summed E-state index contributed by atoms with van der Waals surface area (Å²) in [5, 5.41) is 8.65. The molecule has 1 rings (SSSR count). The zero-order valence-electron chi connectivity index (χ0n) is 12.0. The predicted molar refractivity (Wildman–Crippen MR) is 73.9 cm³/mol. The van der Waals surface area contributed by atoms with E-state index < -0.39 is 11.7 Å². The van der Waals surface area contributed by atoms with Crippen LogP contribution in [-0.2, 0) is 0 Å². The molecule has 1 aromatic carbocycles. The fraction of sp³-hybridized carbons (Fsp3) is 0.467. The third-order valence-corrected chi connectivity index (χ3v) is 2.77. The number of carbonyl (C=O) groups excluding carboxylic acids is 1. The van der Waals surface area contributed by atoms with Crippen molar-refractivity contribution in [2.24, 2.45) is 5.92 Å². The summed E-state index contributed by atoms with van der Waals surface area (Å²) in [6.45, 7) is 4.74. The third kappa shape index (κ3) is 4.23. The highest BCUT2D eigenvalue weighted by Gasteiger charge is 2.20. The molecular formula is C15H19FN2O2. The van der Waals surface area contributed by atoms with Crippen molar-refractivity contribution < 1.29 is 13.9 Å². The van der Waals surface area contributed by atoms with Crippen LogP contribution in [0.15, 0.2) is 18.2 Å². The lowest BCUT2D eigenvalue weighted by molar-refractivity contribution is 0.0735. The number of amides is 1. The summed E-state index contributed by atoms with van der Waals surface area (Å²) in [5.41, 5.74) is 0.00406. The first-order valence-corrected chi connectivity index (χ1v) is 6.49. The van der Waals surface area contributed by atoms with Crippen molar-refractivity contribution in [2.45, 2.75) is 20.3 Å². The average Bonchev–Trinajstić information content (AvgIpc) is 2.42. The van der Waals surface area contributed by atoms with Gasteiger partial charge in [0.25, 0.3) is 5.91 Å². The molecule has 0 aliphatic heterocycles. The van der Waals surface area contributed by atoms with Crippen LogP contribution in [0.4, 0.5) is 4.39 Å². The van der Waals surface area contributed by atoms with Crippen LogP contribution in [0, 0.1) is 23.1 Å². The number of hydrogen-bond donors (Lipinski definition) is 0. The van der Waals surface area contributed by atoms with Crippen LogP contribution < -0.4 is 4.74 Å². The van der Waals surface area contributed by atoms with E-state index in [1.165, 1.54) is 24.1 Å². The molecule has 0 saturated carbocycles. The summed E-state index contributed by atoms with van der Waals surface area (Å²) >= 11 is 0. The minimum absolute atomic E-state index is 0.00406. The first kappa shape index (κ1) is 16.0. The molecule has 0 bridgehead atoms. The lowest BCUT2D eigenvalue weighted by atomic mass is 10.1. The van der Waals surface area contributed by atoms with Crippen LogP contribution >= 0.6 is 0 Å². The van der Waals surface area contributed by atoms with Gasteiger partial charge < -0.3 is 9.64 Å². The number of halogens is 1. The second kappa shape index (κ2) is 7.49. The van der Waals surface area contributed by atoms with Crippen molar-refractivity contribution in [3.63, 3.8) is 0 Å². The normalized spacial score (nSPS) is 10.2. The molecule has 0 radical (unpaired) electrons. The lowest BCUT2D eigenvalue weighted by Gasteiger charge is -2.24. The Labute approximate surface area is 118 Å². The van der Waals surface area contributed by atoms with Crippen LogP contribution in [0.5, 0.6) is 5.75 Å². The van der Waals surface area contributed by atoms with Gasteiger partial charge in [0.15, 0.2) is 0 Å². The Bertz CT molecular complexity index is 509. The molecule has 0 saturated heterocycles. The molecular weight excluding hydrogens is 259 g/mol. The first-order valence-electron chi connectivity index (χ1n) is 6.49. The maximum absolute atomic E-state index is 13.9. The Kier molecular flexibility index (Phi) is 5.98. The fourth-order valence-corrected chi connectivity index (χ4v) is 1.87. The maximum atomic E-state index is 13.9. The number of ether oxygens (including phenoxy) is 1. The molecule has 4 nitrogen and oxygen atoms in total. The molecule has 0 atom stereocenters. The Morgan fingerprint density at radius 1 is 1.50 bits per heavy atom. The van der Waals surface area contributed by atoms with E-state index in [1.807, 2.05) is 19.9 Å². The molecule has 1 amide bonds. The van der Waals surface area contributed by atoms with Gasteiger partial charge in [-0.2, -0.15) is 5.26 Å². The predicted octanol–water partition coefficient (Wildman–Crippen LogP) is 2.85. The maximum Gasteiger partial charge on any atom is 0.256 e. The van der Waals surface area contributed by atoms with Gasteiger partial charge >= 0.3 is 0 Å². The summed E-state index contributed by atoms with van der Waals surface area (Å²) in [5.74, 6) is -0.389. The van der Waals surface area contributed by atoms with E-state index in [0.29, 0.717) is 18.8 Å². The van der Waals surface area contributed by atoms with E-state index in [4.69, 9.17) is 10.00 Å². The zero-order chi connectivity index (χ0) is 15.1. The van der Waals surface area contributed by atoms with E-state index in [2.05, 4.69) is 0 Å². The minimum atomic E-state index is -0.611. The van der Waals surface area contributed by atoms with Crippen LogP contribution in [0.25, 0.3) is 0 Å². The van der Waals surface area contributed by atoms with Crippen molar-refractivity contribution in [2.75, 3.05) is 20.2 Å². The SMILES string of the molecule is COc1ccc(C(=O)N(CCC#N)CC(C)C)c(F)c1. The molecule has 20 heavy (non-hydrogen) atoms. The number of benzene rings is 1. The van der Waals surface area contributed by atoms with Crippen molar-refractivity contribution in [1.82, 2.24) is 4.90 Å². The largest absolute Gasteiger partial charge is 0.497 e. The van der Waals surface area contributed by atoms with E-state index in [9.17, 15) is 9.18 Å². The Hall–Kier alpha value is -2.09. The summed E-state index contributed by atoms with van der Waals surface area (Å²) in [7, 11) is 1.44. The monoisotopic (exact) mass is 278 g/mol. The van der Waals surface area contributed by atoms with E-state index in [1.54, 1.807) is 6.07 Å². The number of nitriles is 1. The molecule has 0 spiro atoms. The Morgan fingerprint density at radius 3 is 2.70 bits per heavy atom. The van der Waals surface area contributed by atoms with Gasteiger partial charge in [0, 0.05) is 19.2 Å². The zero-order valence-corrected chi connectivity index (χ0v) is 12.0. The molecule has 0 aliphatic carbocycles. The summed E-state index contributed by atoms with van der Waals surface area (Å²) in [6, 6.07) is 6.15. The molecule has 0 aliphatic rings. The molecule has 0 heterocycles. The number of rotatable bonds is 6. The summed E-state index contributed by atoms with van der Waals surface area (Å²) in [6.07, 6.45) is 0.232. The fourth-order valence-electron chi connectivity index (χ4n) is 1.87. The number of hydrogen-bond acceptors (Lipinski definition) is 3. The van der Waals surface area contributed by atoms with Crippen LogP contribution in [0.3, 0.4) is 0 Å². The molecule has 5 heteroatoms. The van der Waals surface area contributed by atoms with Gasteiger partial charge in [-0.3, -0.25) is 4.79 Å². The molecule has 0 unspecified atom stereocenters. The van der Waals surface area contributed by atoms with Gasteiger partial charge in [0.2, 0.25) is 0 Å². The minimum Gasteiger partial charge on any atom is -0.497 e. The van der Waals surface area contributed by atoms with Crippen LogP contribution in [0.2, 0.25) is 0 Å². The Balaban J connectivity index is 2.96. The Morgan fingerprint density at radius 2 is 2.20 bits per heavy atom. The van der Waals surface area contributed by atoms with Crippen LogP contribution in [0.1, 0.15) is 30.6 Å². The second-order valence-electron chi connectivity index (χ2n) is 4.90.